The van der Waals surface area contributed by atoms with Crippen molar-refractivity contribution in [2.75, 3.05) is 18.5 Å². The molecule has 1 saturated carbocycles. The lowest BCUT2D eigenvalue weighted by atomic mass is 9.82. The van der Waals surface area contributed by atoms with Crippen LogP contribution in [-0.4, -0.2) is 46.9 Å². The zero-order chi connectivity index (χ0) is 18.3. The normalized spacial score (nSPS) is 19.2. The van der Waals surface area contributed by atoms with Gasteiger partial charge in [-0.25, -0.2) is 9.78 Å². The number of thiazole rings is 1. The van der Waals surface area contributed by atoms with E-state index in [9.17, 15) is 14.4 Å². The Hall–Kier alpha value is -2.48. The van der Waals surface area contributed by atoms with Gasteiger partial charge < -0.3 is 5.32 Å². The number of nitrogens with zero attached hydrogens (tertiary/aromatic N) is 3. The second kappa shape index (κ2) is 6.35. The fourth-order valence-corrected chi connectivity index (χ4v) is 4.61. The first-order chi connectivity index (χ1) is 12.5. The number of hydrogen-bond acceptors (Lipinski definition) is 5. The summed E-state index contributed by atoms with van der Waals surface area (Å²) in [5, 5.41) is 3.38. The second-order valence-corrected chi connectivity index (χ2v) is 7.89. The van der Waals surface area contributed by atoms with Gasteiger partial charge in [0.05, 0.1) is 10.2 Å². The van der Waals surface area contributed by atoms with Crippen LogP contribution in [0.2, 0.25) is 0 Å². The first kappa shape index (κ1) is 17.0. The van der Waals surface area contributed by atoms with Crippen LogP contribution in [0.1, 0.15) is 32.1 Å². The number of carbonyl (C=O) groups excluding carboxylic acids is 3. The van der Waals surface area contributed by atoms with E-state index in [1.165, 1.54) is 16.2 Å². The van der Waals surface area contributed by atoms with Gasteiger partial charge >= 0.3 is 6.03 Å². The van der Waals surface area contributed by atoms with Crippen molar-refractivity contribution >= 4 is 44.5 Å². The van der Waals surface area contributed by atoms with E-state index < -0.39 is 11.6 Å². The number of urea groups is 1. The summed E-state index contributed by atoms with van der Waals surface area (Å²) in [6.45, 7) is -0.265. The van der Waals surface area contributed by atoms with Gasteiger partial charge in [0, 0.05) is 7.05 Å². The number of rotatable bonds is 3. The van der Waals surface area contributed by atoms with Crippen LogP contribution < -0.4 is 10.2 Å². The molecule has 1 aromatic carbocycles. The first-order valence-corrected chi connectivity index (χ1v) is 9.58. The van der Waals surface area contributed by atoms with E-state index >= 15 is 0 Å². The van der Waals surface area contributed by atoms with E-state index in [-0.39, 0.29) is 18.4 Å². The Labute approximate surface area is 155 Å². The molecule has 0 bridgehead atoms. The predicted molar refractivity (Wildman–Crippen MR) is 99.1 cm³/mol. The molecule has 2 heterocycles. The average Bonchev–Trinajstić information content (AvgIpc) is 3.17. The maximum atomic E-state index is 12.8. The van der Waals surface area contributed by atoms with Crippen molar-refractivity contribution in [1.29, 1.82) is 0 Å². The third-order valence-electron chi connectivity index (χ3n) is 5.19. The van der Waals surface area contributed by atoms with Crippen molar-refractivity contribution in [2.45, 2.75) is 37.6 Å². The number of anilines is 1. The predicted octanol–water partition coefficient (Wildman–Crippen LogP) is 2.51. The van der Waals surface area contributed by atoms with Crippen molar-refractivity contribution < 1.29 is 14.4 Å². The molecular formula is C18H20N4O3S. The Balaban J connectivity index is 1.50. The lowest BCUT2D eigenvalue weighted by molar-refractivity contribution is -0.135. The number of nitrogens with one attached hydrogen (secondary N) is 1. The Morgan fingerprint density at radius 3 is 2.73 bits per heavy atom. The van der Waals surface area contributed by atoms with Crippen LogP contribution in [0.4, 0.5) is 9.93 Å². The second-order valence-electron chi connectivity index (χ2n) is 6.88. The molecule has 1 aliphatic carbocycles. The van der Waals surface area contributed by atoms with E-state index in [4.69, 9.17) is 0 Å². The minimum absolute atomic E-state index is 0.265. The van der Waals surface area contributed by atoms with Crippen LogP contribution in [0, 0.1) is 0 Å². The molecule has 1 N–H and O–H groups in total. The Morgan fingerprint density at radius 2 is 2.00 bits per heavy atom. The van der Waals surface area contributed by atoms with Gasteiger partial charge in [-0.05, 0) is 25.0 Å². The fraction of sp³-hybridized carbons (Fsp3) is 0.444. The molecule has 2 aliphatic rings. The Morgan fingerprint density at radius 1 is 1.27 bits per heavy atom. The summed E-state index contributed by atoms with van der Waals surface area (Å²) in [7, 11) is 1.62. The number of carbonyl (C=O) groups is 3. The molecule has 7 nitrogen and oxygen atoms in total. The molecule has 2 fully saturated rings. The van der Waals surface area contributed by atoms with Gasteiger partial charge in [-0.3, -0.25) is 19.4 Å². The molecule has 1 spiro atoms. The highest BCUT2D eigenvalue weighted by Gasteiger charge is 2.51. The van der Waals surface area contributed by atoms with Crippen LogP contribution in [0.15, 0.2) is 24.3 Å². The van der Waals surface area contributed by atoms with Crippen molar-refractivity contribution in [2.24, 2.45) is 0 Å². The number of amides is 4. The highest BCUT2D eigenvalue weighted by Crippen LogP contribution is 2.34. The van der Waals surface area contributed by atoms with Gasteiger partial charge in [-0.15, -0.1) is 0 Å². The SMILES string of the molecule is CN(C(=O)CN1C(=O)NC2(CCCCC2)C1=O)c1nc2ccccc2s1. The van der Waals surface area contributed by atoms with Gasteiger partial charge in [0.15, 0.2) is 5.13 Å². The third-order valence-corrected chi connectivity index (χ3v) is 6.30. The highest BCUT2D eigenvalue weighted by atomic mass is 32.1. The summed E-state index contributed by atoms with van der Waals surface area (Å²) >= 11 is 1.40. The van der Waals surface area contributed by atoms with E-state index in [2.05, 4.69) is 10.3 Å². The van der Waals surface area contributed by atoms with Gasteiger partial charge in [0.2, 0.25) is 5.91 Å². The summed E-state index contributed by atoms with van der Waals surface area (Å²) < 4.78 is 0.985. The van der Waals surface area contributed by atoms with E-state index in [1.807, 2.05) is 24.3 Å². The molecule has 2 aromatic rings. The minimum atomic E-state index is -0.802. The van der Waals surface area contributed by atoms with Gasteiger partial charge in [0.1, 0.15) is 12.1 Å². The van der Waals surface area contributed by atoms with Crippen LogP contribution in [-0.2, 0) is 9.59 Å². The summed E-state index contributed by atoms with van der Waals surface area (Å²) in [6, 6.07) is 7.17. The maximum Gasteiger partial charge on any atom is 0.325 e. The summed E-state index contributed by atoms with van der Waals surface area (Å²) in [5.41, 5.74) is 0.0210. The number of hydrogen-bond donors (Lipinski definition) is 1. The molecule has 8 heteroatoms. The summed E-state index contributed by atoms with van der Waals surface area (Å²) in [4.78, 5) is 44.7. The number of fused-ring (bicyclic) bond motifs is 1. The molecule has 4 amide bonds. The standard InChI is InChI=1S/C18H20N4O3S/c1-21(17-19-12-7-3-4-8-13(12)26-17)14(23)11-22-15(24)18(20-16(22)25)9-5-2-6-10-18/h3-4,7-8H,2,5-6,9-11H2,1H3,(H,20,25). The average molecular weight is 372 g/mol. The molecule has 1 saturated heterocycles. The van der Waals surface area contributed by atoms with E-state index in [1.54, 1.807) is 7.05 Å². The zero-order valence-corrected chi connectivity index (χ0v) is 15.3. The number of likely N-dealkylation sites (N-methyl/N-ethyl adjacent to an activating group) is 1. The van der Waals surface area contributed by atoms with Crippen molar-refractivity contribution in [3.8, 4) is 0 Å². The summed E-state index contributed by atoms with van der Waals surface area (Å²) in [6.07, 6.45) is 4.20. The van der Waals surface area contributed by atoms with Gasteiger partial charge in [-0.1, -0.05) is 42.7 Å². The van der Waals surface area contributed by atoms with E-state index in [0.717, 1.165) is 34.4 Å². The highest BCUT2D eigenvalue weighted by molar-refractivity contribution is 7.22. The van der Waals surface area contributed by atoms with Crippen molar-refractivity contribution in [3.63, 3.8) is 0 Å². The monoisotopic (exact) mass is 372 g/mol. The van der Waals surface area contributed by atoms with Crippen LogP contribution in [0.3, 0.4) is 0 Å². The van der Waals surface area contributed by atoms with Crippen LogP contribution >= 0.6 is 11.3 Å². The molecule has 1 aromatic heterocycles. The van der Waals surface area contributed by atoms with Gasteiger partial charge in [0.25, 0.3) is 5.91 Å². The molecule has 1 aliphatic heterocycles. The quantitative estimate of drug-likeness (QED) is 0.839. The first-order valence-electron chi connectivity index (χ1n) is 8.76. The largest absolute Gasteiger partial charge is 0.325 e. The molecule has 0 unspecified atom stereocenters. The topological polar surface area (TPSA) is 82.6 Å². The lowest BCUT2D eigenvalue weighted by Crippen LogP contribution is -2.49. The summed E-state index contributed by atoms with van der Waals surface area (Å²) in [5.74, 6) is -0.603. The molecule has 4 rings (SSSR count). The molecule has 0 radical (unpaired) electrons. The molecular weight excluding hydrogens is 352 g/mol. The Bertz CT molecular complexity index is 854. The van der Waals surface area contributed by atoms with Gasteiger partial charge in [-0.2, -0.15) is 0 Å². The van der Waals surface area contributed by atoms with E-state index in [0.29, 0.717) is 18.0 Å². The molecule has 136 valence electrons. The fourth-order valence-electron chi connectivity index (χ4n) is 3.67. The van der Waals surface area contributed by atoms with Crippen molar-refractivity contribution in [1.82, 2.24) is 15.2 Å². The van der Waals surface area contributed by atoms with Crippen LogP contribution in [0.25, 0.3) is 10.2 Å². The number of benzene rings is 1. The number of aromatic nitrogens is 1. The van der Waals surface area contributed by atoms with Crippen molar-refractivity contribution in [3.05, 3.63) is 24.3 Å². The molecule has 0 atom stereocenters. The third kappa shape index (κ3) is 2.74. The zero-order valence-electron chi connectivity index (χ0n) is 14.5. The number of para-hydroxylation sites is 1. The number of imide groups is 1. The minimum Gasteiger partial charge on any atom is -0.323 e. The van der Waals surface area contributed by atoms with Crippen LogP contribution in [0.5, 0.6) is 0 Å². The Kier molecular flexibility index (Phi) is 4.14. The smallest absolute Gasteiger partial charge is 0.323 e. The lowest BCUT2D eigenvalue weighted by Gasteiger charge is -2.30. The molecule has 26 heavy (non-hydrogen) atoms. The maximum absolute atomic E-state index is 12.8.